The van der Waals surface area contributed by atoms with Crippen LogP contribution in [0.1, 0.15) is 22.1 Å². The topological polar surface area (TPSA) is 84.7 Å². The lowest BCUT2D eigenvalue weighted by atomic mass is 10.4. The van der Waals surface area contributed by atoms with Gasteiger partial charge in [-0.15, -0.1) is 5.10 Å². The highest BCUT2D eigenvalue weighted by atomic mass is 16.3. The molecule has 0 bridgehead atoms. The first kappa shape index (κ1) is 9.15. The standard InChI is InChI=1S/C9H6N4O2/c10-3-9-11-6-13(12-9)4-7-1-2-8(5-14)15-7/h1-2,5-6H,4H2. The van der Waals surface area contributed by atoms with E-state index in [0.717, 1.165) is 0 Å². The van der Waals surface area contributed by atoms with E-state index in [9.17, 15) is 4.79 Å². The van der Waals surface area contributed by atoms with Gasteiger partial charge in [0.2, 0.25) is 0 Å². The van der Waals surface area contributed by atoms with Crippen molar-refractivity contribution in [3.05, 3.63) is 35.8 Å². The Morgan fingerprint density at radius 3 is 3.07 bits per heavy atom. The summed E-state index contributed by atoms with van der Waals surface area (Å²) in [5.41, 5.74) is 0. The molecule has 0 amide bonds. The van der Waals surface area contributed by atoms with Gasteiger partial charge in [-0.3, -0.25) is 4.79 Å². The summed E-state index contributed by atoms with van der Waals surface area (Å²) >= 11 is 0. The molecule has 6 nitrogen and oxygen atoms in total. The summed E-state index contributed by atoms with van der Waals surface area (Å²) in [5.74, 6) is 0.967. The second-order valence-corrected chi connectivity index (χ2v) is 2.80. The van der Waals surface area contributed by atoms with Gasteiger partial charge in [-0.1, -0.05) is 0 Å². The van der Waals surface area contributed by atoms with Gasteiger partial charge in [0.15, 0.2) is 12.0 Å². The average molecular weight is 202 g/mol. The largest absolute Gasteiger partial charge is 0.456 e. The van der Waals surface area contributed by atoms with Crippen LogP contribution in [0.3, 0.4) is 0 Å². The molecule has 0 aliphatic rings. The molecule has 6 heteroatoms. The summed E-state index contributed by atoms with van der Waals surface area (Å²) in [6, 6.07) is 5.07. The Hall–Kier alpha value is -2.42. The zero-order valence-electron chi connectivity index (χ0n) is 7.62. The Morgan fingerprint density at radius 2 is 2.47 bits per heavy atom. The Morgan fingerprint density at radius 1 is 1.60 bits per heavy atom. The van der Waals surface area contributed by atoms with Gasteiger partial charge in [-0.2, -0.15) is 5.26 Å². The molecule has 0 fully saturated rings. The van der Waals surface area contributed by atoms with Crippen LogP contribution in [0.4, 0.5) is 0 Å². The first-order valence-electron chi connectivity index (χ1n) is 4.15. The van der Waals surface area contributed by atoms with E-state index in [4.69, 9.17) is 9.68 Å². The van der Waals surface area contributed by atoms with Gasteiger partial charge in [0.25, 0.3) is 5.82 Å². The number of hydrogen-bond donors (Lipinski definition) is 0. The summed E-state index contributed by atoms with van der Waals surface area (Å²) in [6.07, 6.45) is 2.06. The summed E-state index contributed by atoms with van der Waals surface area (Å²) < 4.78 is 6.60. The Labute approximate surface area is 84.8 Å². The number of aromatic nitrogens is 3. The van der Waals surface area contributed by atoms with Crippen molar-refractivity contribution in [2.75, 3.05) is 0 Å². The molecule has 0 saturated heterocycles. The molecule has 0 aliphatic heterocycles. The maximum Gasteiger partial charge on any atom is 0.252 e. The van der Waals surface area contributed by atoms with Gasteiger partial charge in [-0.05, 0) is 12.1 Å². The molecule has 0 unspecified atom stereocenters. The molecule has 0 N–H and O–H groups in total. The average Bonchev–Trinajstić information content (AvgIpc) is 2.87. The van der Waals surface area contributed by atoms with Crippen LogP contribution in [-0.2, 0) is 6.54 Å². The van der Waals surface area contributed by atoms with Crippen LogP contribution in [0.15, 0.2) is 22.9 Å². The highest BCUT2D eigenvalue weighted by Gasteiger charge is 2.04. The Balaban J connectivity index is 2.15. The quantitative estimate of drug-likeness (QED) is 0.680. The molecule has 2 rings (SSSR count). The van der Waals surface area contributed by atoms with Crippen LogP contribution in [0.25, 0.3) is 0 Å². The van der Waals surface area contributed by atoms with Crippen molar-refractivity contribution in [3.8, 4) is 6.07 Å². The Kier molecular flexibility index (Phi) is 2.29. The highest BCUT2D eigenvalue weighted by molar-refractivity contribution is 5.70. The van der Waals surface area contributed by atoms with Gasteiger partial charge >= 0.3 is 0 Å². The van der Waals surface area contributed by atoms with Gasteiger partial charge in [-0.25, -0.2) is 9.67 Å². The number of nitrogens with zero attached hydrogens (tertiary/aromatic N) is 4. The molecule has 0 atom stereocenters. The van der Waals surface area contributed by atoms with Crippen LogP contribution in [-0.4, -0.2) is 21.1 Å². The smallest absolute Gasteiger partial charge is 0.252 e. The Bertz CT molecular complexity index is 520. The maximum absolute atomic E-state index is 10.4. The summed E-state index contributed by atoms with van der Waals surface area (Å²) in [4.78, 5) is 14.1. The van der Waals surface area contributed by atoms with Crippen LogP contribution in [0.5, 0.6) is 0 Å². The molecular formula is C9H6N4O2. The predicted octanol–water partition coefficient (Wildman–Crippen LogP) is 0.604. The molecule has 0 aliphatic carbocycles. The molecule has 0 spiro atoms. The molecule has 2 aromatic heterocycles. The van der Waals surface area contributed by atoms with E-state index in [2.05, 4.69) is 10.1 Å². The number of carbonyl (C=O) groups is 1. The number of hydrogen-bond acceptors (Lipinski definition) is 5. The van der Waals surface area contributed by atoms with Crippen molar-refractivity contribution in [3.63, 3.8) is 0 Å². The van der Waals surface area contributed by atoms with E-state index < -0.39 is 0 Å². The van der Waals surface area contributed by atoms with Crippen molar-refractivity contribution < 1.29 is 9.21 Å². The first-order valence-corrected chi connectivity index (χ1v) is 4.15. The lowest BCUT2D eigenvalue weighted by Crippen LogP contribution is -1.99. The fourth-order valence-corrected chi connectivity index (χ4v) is 1.12. The third kappa shape index (κ3) is 1.91. The lowest BCUT2D eigenvalue weighted by molar-refractivity contribution is 0.109. The number of rotatable bonds is 3. The first-order chi connectivity index (χ1) is 7.31. The van der Waals surface area contributed by atoms with E-state index in [1.807, 2.05) is 6.07 Å². The van der Waals surface area contributed by atoms with E-state index >= 15 is 0 Å². The van der Waals surface area contributed by atoms with Crippen LogP contribution in [0, 0.1) is 11.3 Å². The van der Waals surface area contributed by atoms with E-state index in [-0.39, 0.29) is 11.6 Å². The number of aldehydes is 1. The maximum atomic E-state index is 10.4. The van der Waals surface area contributed by atoms with Crippen molar-refractivity contribution in [2.24, 2.45) is 0 Å². The molecule has 0 saturated carbocycles. The van der Waals surface area contributed by atoms with E-state index in [1.54, 1.807) is 12.1 Å². The minimum atomic E-state index is 0.108. The van der Waals surface area contributed by atoms with E-state index in [0.29, 0.717) is 18.6 Å². The van der Waals surface area contributed by atoms with Crippen molar-refractivity contribution in [1.29, 1.82) is 5.26 Å². The molecule has 74 valence electrons. The van der Waals surface area contributed by atoms with Crippen molar-refractivity contribution in [2.45, 2.75) is 6.54 Å². The summed E-state index contributed by atoms with van der Waals surface area (Å²) in [6.45, 7) is 0.350. The lowest BCUT2D eigenvalue weighted by Gasteiger charge is -1.94. The van der Waals surface area contributed by atoms with Crippen LogP contribution >= 0.6 is 0 Å². The fraction of sp³-hybridized carbons (Fsp3) is 0.111. The molecular weight excluding hydrogens is 196 g/mol. The number of furan rings is 1. The zero-order chi connectivity index (χ0) is 10.7. The normalized spacial score (nSPS) is 9.80. The van der Waals surface area contributed by atoms with Crippen molar-refractivity contribution in [1.82, 2.24) is 14.8 Å². The van der Waals surface area contributed by atoms with Crippen molar-refractivity contribution >= 4 is 6.29 Å². The SMILES string of the molecule is N#Cc1ncn(Cc2ccc(C=O)o2)n1. The van der Waals surface area contributed by atoms with Gasteiger partial charge in [0.1, 0.15) is 24.7 Å². The molecule has 0 aromatic carbocycles. The second kappa shape index (κ2) is 3.75. The number of carbonyl (C=O) groups excluding carboxylic acids is 1. The fourth-order valence-electron chi connectivity index (χ4n) is 1.12. The van der Waals surface area contributed by atoms with Crippen LogP contribution < -0.4 is 0 Å². The van der Waals surface area contributed by atoms with E-state index in [1.165, 1.54) is 11.0 Å². The molecule has 2 heterocycles. The minimum Gasteiger partial charge on any atom is -0.456 e. The third-order valence-corrected chi connectivity index (χ3v) is 1.75. The summed E-state index contributed by atoms with van der Waals surface area (Å²) in [5, 5.41) is 12.4. The monoisotopic (exact) mass is 202 g/mol. The van der Waals surface area contributed by atoms with Gasteiger partial charge in [0, 0.05) is 0 Å². The van der Waals surface area contributed by atoms with Gasteiger partial charge < -0.3 is 4.42 Å². The number of nitriles is 1. The van der Waals surface area contributed by atoms with Gasteiger partial charge in [0.05, 0.1) is 0 Å². The third-order valence-electron chi connectivity index (χ3n) is 1.75. The molecule has 0 radical (unpaired) electrons. The summed E-state index contributed by atoms with van der Waals surface area (Å²) in [7, 11) is 0. The molecule has 2 aromatic rings. The highest BCUT2D eigenvalue weighted by Crippen LogP contribution is 2.06. The molecule has 15 heavy (non-hydrogen) atoms. The second-order valence-electron chi connectivity index (χ2n) is 2.80. The minimum absolute atomic E-state index is 0.108. The predicted molar refractivity (Wildman–Crippen MR) is 47.9 cm³/mol. The zero-order valence-corrected chi connectivity index (χ0v) is 7.62. The van der Waals surface area contributed by atoms with Crippen LogP contribution in [0.2, 0.25) is 0 Å².